The molecule has 1 fully saturated rings. The van der Waals surface area contributed by atoms with E-state index in [1.807, 2.05) is 0 Å². The highest BCUT2D eigenvalue weighted by Crippen LogP contribution is 2.26. The van der Waals surface area contributed by atoms with Crippen molar-refractivity contribution in [2.45, 2.75) is 12.3 Å². The Balaban J connectivity index is 2.42. The van der Waals surface area contributed by atoms with Crippen LogP contribution in [0.15, 0.2) is 0 Å². The monoisotopic (exact) mass is 334 g/mol. The number of hydrogen-bond donors (Lipinski definition) is 2. The van der Waals surface area contributed by atoms with E-state index >= 15 is 0 Å². The van der Waals surface area contributed by atoms with Gasteiger partial charge in [0.25, 0.3) is 0 Å². The van der Waals surface area contributed by atoms with E-state index in [9.17, 15) is 8.42 Å². The topological polar surface area (TPSA) is 123 Å². The van der Waals surface area contributed by atoms with Crippen molar-refractivity contribution in [3.05, 3.63) is 0 Å². The molecular weight excluding hydrogens is 316 g/mol. The highest BCUT2D eigenvalue weighted by atomic mass is 32.2. The van der Waals surface area contributed by atoms with Gasteiger partial charge in [0.15, 0.2) is 9.84 Å². The van der Waals surface area contributed by atoms with Crippen molar-refractivity contribution in [3.8, 4) is 6.01 Å². The van der Waals surface area contributed by atoms with Gasteiger partial charge in [-0.25, -0.2) is 14.3 Å². The Morgan fingerprint density at radius 2 is 2.24 bits per heavy atom. The van der Waals surface area contributed by atoms with Gasteiger partial charge in [-0.15, -0.1) is 0 Å². The average molecular weight is 334 g/mol. The summed E-state index contributed by atoms with van der Waals surface area (Å²) in [7, 11) is -1.82. The molecule has 1 aromatic heterocycles. The molecule has 1 aromatic rings. The van der Waals surface area contributed by atoms with Crippen molar-refractivity contribution >= 4 is 33.5 Å². The molecule has 0 radical (unpaired) electrons. The van der Waals surface area contributed by atoms with Gasteiger partial charge in [0.2, 0.25) is 11.9 Å². The molecule has 2 heterocycles. The van der Waals surface area contributed by atoms with Crippen molar-refractivity contribution < 1.29 is 13.2 Å². The van der Waals surface area contributed by atoms with Gasteiger partial charge < -0.3 is 9.64 Å². The summed E-state index contributed by atoms with van der Waals surface area (Å²) in [6, 6.07) is 0.0822. The number of methoxy groups -OCH3 is 1. The Hall–Kier alpha value is -1.33. The molecule has 3 N–H and O–H groups in total. The van der Waals surface area contributed by atoms with Crippen LogP contribution in [0, 0.1) is 0 Å². The van der Waals surface area contributed by atoms with Gasteiger partial charge in [-0.2, -0.15) is 26.7 Å². The van der Waals surface area contributed by atoms with Crippen LogP contribution in [0.4, 0.5) is 11.9 Å². The van der Waals surface area contributed by atoms with E-state index in [2.05, 4.69) is 20.4 Å². The highest BCUT2D eigenvalue weighted by molar-refractivity contribution is 8.01. The Morgan fingerprint density at radius 3 is 2.86 bits per heavy atom. The zero-order valence-electron chi connectivity index (χ0n) is 11.8. The van der Waals surface area contributed by atoms with E-state index in [1.54, 1.807) is 23.6 Å². The number of hydrazine groups is 1. The van der Waals surface area contributed by atoms with Crippen LogP contribution in [-0.2, 0) is 9.84 Å². The van der Waals surface area contributed by atoms with Crippen LogP contribution < -0.4 is 20.9 Å². The van der Waals surface area contributed by atoms with Crippen LogP contribution in [0.1, 0.15) is 6.92 Å². The van der Waals surface area contributed by atoms with Gasteiger partial charge in [-0.3, -0.25) is 5.43 Å². The third-order valence-corrected chi connectivity index (χ3v) is 6.36. The first-order valence-electron chi connectivity index (χ1n) is 6.34. The molecule has 0 saturated carbocycles. The van der Waals surface area contributed by atoms with Crippen molar-refractivity contribution in [2.24, 2.45) is 5.84 Å². The highest BCUT2D eigenvalue weighted by Gasteiger charge is 2.34. The number of nitrogens with zero attached hydrogens (tertiary/aromatic N) is 4. The van der Waals surface area contributed by atoms with E-state index in [4.69, 9.17) is 10.6 Å². The maximum absolute atomic E-state index is 12.2. The Morgan fingerprint density at radius 1 is 1.48 bits per heavy atom. The van der Waals surface area contributed by atoms with Crippen LogP contribution in [0.5, 0.6) is 6.01 Å². The first-order chi connectivity index (χ1) is 10.0. The molecule has 1 unspecified atom stereocenters. The maximum atomic E-state index is 12.2. The fourth-order valence-corrected chi connectivity index (χ4v) is 4.89. The largest absolute Gasteiger partial charge is 0.467 e. The van der Waals surface area contributed by atoms with Gasteiger partial charge in [0, 0.05) is 23.8 Å². The molecule has 11 heteroatoms. The minimum absolute atomic E-state index is 0.0684. The molecule has 0 bridgehead atoms. The second-order valence-electron chi connectivity index (χ2n) is 4.26. The zero-order chi connectivity index (χ0) is 15.5. The molecule has 1 aliphatic heterocycles. The molecular formula is C10H18N6O3S2. The summed E-state index contributed by atoms with van der Waals surface area (Å²) < 4.78 is 29.5. The van der Waals surface area contributed by atoms with Crippen molar-refractivity contribution in [2.75, 3.05) is 41.2 Å². The third kappa shape index (κ3) is 3.47. The second-order valence-corrected chi connectivity index (χ2v) is 7.86. The van der Waals surface area contributed by atoms with Crippen LogP contribution in [0.2, 0.25) is 0 Å². The molecule has 0 aliphatic carbocycles. The first kappa shape index (κ1) is 16.0. The summed E-state index contributed by atoms with van der Waals surface area (Å²) in [5, 5.41) is -0.654. The number of sulfone groups is 1. The molecule has 21 heavy (non-hydrogen) atoms. The standard InChI is InChI=1S/C10H18N6O3S2/c1-3-21(17,18)7-6-20-5-4-16(7)9-12-8(15-11)13-10(14-9)19-2/h7H,3-6,11H2,1-2H3,(H,12,13,14,15). The lowest BCUT2D eigenvalue weighted by molar-refractivity contribution is 0.378. The van der Waals surface area contributed by atoms with Crippen LogP contribution >= 0.6 is 11.8 Å². The molecule has 1 saturated heterocycles. The quantitative estimate of drug-likeness (QED) is 0.537. The molecule has 1 aliphatic rings. The maximum Gasteiger partial charge on any atom is 0.322 e. The molecule has 1 atom stereocenters. The van der Waals surface area contributed by atoms with E-state index in [0.717, 1.165) is 5.75 Å². The van der Waals surface area contributed by atoms with Crippen molar-refractivity contribution in [1.29, 1.82) is 0 Å². The Kier molecular flexibility index (Phi) is 5.06. The lowest BCUT2D eigenvalue weighted by Gasteiger charge is -2.34. The molecule has 2 rings (SSSR count). The number of rotatable bonds is 5. The number of nitrogens with one attached hydrogen (secondary N) is 1. The number of hydrogen-bond acceptors (Lipinski definition) is 10. The van der Waals surface area contributed by atoms with Crippen LogP contribution in [0.3, 0.4) is 0 Å². The zero-order valence-corrected chi connectivity index (χ0v) is 13.4. The predicted molar refractivity (Wildman–Crippen MR) is 82.1 cm³/mol. The minimum atomic E-state index is -3.25. The van der Waals surface area contributed by atoms with Crippen molar-refractivity contribution in [3.63, 3.8) is 0 Å². The predicted octanol–water partition coefficient (Wildman–Crippen LogP) is -0.520. The van der Waals surface area contributed by atoms with Gasteiger partial charge in [0.1, 0.15) is 5.37 Å². The first-order valence-corrected chi connectivity index (χ1v) is 9.21. The number of thioether (sulfide) groups is 1. The summed E-state index contributed by atoms with van der Waals surface area (Å²) in [6.45, 7) is 2.17. The van der Waals surface area contributed by atoms with Gasteiger partial charge in [0.05, 0.1) is 7.11 Å². The second kappa shape index (κ2) is 6.62. The lowest BCUT2D eigenvalue weighted by atomic mass is 10.5. The number of nitrogen functional groups attached to an aromatic ring is 1. The number of ether oxygens (including phenoxy) is 1. The van der Waals surface area contributed by atoms with Crippen LogP contribution in [-0.4, -0.2) is 59.7 Å². The normalized spacial score (nSPS) is 19.4. The van der Waals surface area contributed by atoms with E-state index in [-0.39, 0.29) is 23.7 Å². The van der Waals surface area contributed by atoms with Gasteiger partial charge in [-0.05, 0) is 0 Å². The summed E-state index contributed by atoms with van der Waals surface area (Å²) in [4.78, 5) is 13.8. The smallest absolute Gasteiger partial charge is 0.322 e. The fourth-order valence-electron chi connectivity index (χ4n) is 1.93. The fraction of sp³-hybridized carbons (Fsp3) is 0.700. The number of aromatic nitrogens is 3. The Labute approximate surface area is 127 Å². The van der Waals surface area contributed by atoms with E-state index < -0.39 is 15.2 Å². The Bertz CT molecular complexity index is 574. The third-order valence-electron chi connectivity index (χ3n) is 3.07. The van der Waals surface area contributed by atoms with Gasteiger partial charge >= 0.3 is 6.01 Å². The average Bonchev–Trinajstić information content (AvgIpc) is 2.54. The lowest BCUT2D eigenvalue weighted by Crippen LogP contribution is -2.48. The molecule has 0 amide bonds. The minimum Gasteiger partial charge on any atom is -0.467 e. The van der Waals surface area contributed by atoms with E-state index in [0.29, 0.717) is 12.3 Å². The van der Waals surface area contributed by atoms with Crippen molar-refractivity contribution in [1.82, 2.24) is 15.0 Å². The summed E-state index contributed by atoms with van der Waals surface area (Å²) in [6.07, 6.45) is 0. The van der Waals surface area contributed by atoms with E-state index in [1.165, 1.54) is 7.11 Å². The SMILES string of the molecule is CCS(=O)(=O)C1CSCCN1c1nc(NN)nc(OC)n1. The molecule has 118 valence electrons. The van der Waals surface area contributed by atoms with Gasteiger partial charge in [-0.1, -0.05) is 6.92 Å². The summed E-state index contributed by atoms with van der Waals surface area (Å²) in [5.74, 6) is 7.04. The summed E-state index contributed by atoms with van der Waals surface area (Å²) >= 11 is 1.60. The molecule has 0 spiro atoms. The number of anilines is 2. The summed E-state index contributed by atoms with van der Waals surface area (Å²) in [5.41, 5.74) is 2.33. The van der Waals surface area contributed by atoms with Crippen LogP contribution in [0.25, 0.3) is 0 Å². The molecule has 0 aromatic carbocycles. The number of nitrogens with two attached hydrogens (primary N) is 1. The molecule has 9 nitrogen and oxygen atoms in total.